The number of likely N-dealkylation sites (tertiary alicyclic amines) is 1. The molecule has 1 aromatic rings. The van der Waals surface area contributed by atoms with Gasteiger partial charge in [0.25, 0.3) is 0 Å². The van der Waals surface area contributed by atoms with Gasteiger partial charge in [0.15, 0.2) is 0 Å². The molecule has 0 bridgehead atoms. The van der Waals surface area contributed by atoms with E-state index < -0.39 is 11.0 Å². The molecule has 0 unspecified atom stereocenters. The average Bonchev–Trinajstić information content (AvgIpc) is 3.02. The third-order valence-corrected chi connectivity index (χ3v) is 6.07. The Kier molecular flexibility index (Phi) is 5.20. The minimum atomic E-state index is -0.656. The molecule has 0 saturated carbocycles. The first kappa shape index (κ1) is 18.4. The highest BCUT2D eigenvalue weighted by Gasteiger charge is 2.44. The fraction of sp³-hybridized carbons (Fsp3) is 0.667. The van der Waals surface area contributed by atoms with Crippen LogP contribution in [-0.2, 0) is 16.7 Å². The van der Waals surface area contributed by atoms with Gasteiger partial charge in [-0.05, 0) is 57.7 Å². The standard InChI is InChI=1S/C21H30N2O2/c1-20(2,15-22)17-8-5-4-7-16(17)13-23-11-6-9-19(23)18-14-25-12-10-21(18,3)24/h4-5,7-8,18-19,24H,6,9-14H2,1-3H3/t18-,19+,21+/m0/s1. The lowest BCUT2D eigenvalue weighted by atomic mass is 9.79. The number of benzene rings is 1. The molecular weight excluding hydrogens is 312 g/mol. The van der Waals surface area contributed by atoms with Crippen LogP contribution in [0.5, 0.6) is 0 Å². The normalized spacial score (nSPS) is 31.0. The van der Waals surface area contributed by atoms with Crippen molar-refractivity contribution >= 4 is 0 Å². The molecular formula is C21H30N2O2. The summed E-state index contributed by atoms with van der Waals surface area (Å²) in [6.07, 6.45) is 2.97. The van der Waals surface area contributed by atoms with Crippen LogP contribution in [0, 0.1) is 17.2 Å². The maximum absolute atomic E-state index is 10.9. The molecule has 4 nitrogen and oxygen atoms in total. The highest BCUT2D eigenvalue weighted by Crippen LogP contribution is 2.37. The van der Waals surface area contributed by atoms with Crippen molar-refractivity contribution in [2.75, 3.05) is 19.8 Å². The van der Waals surface area contributed by atoms with Crippen molar-refractivity contribution in [1.82, 2.24) is 4.90 Å². The van der Waals surface area contributed by atoms with E-state index in [2.05, 4.69) is 29.2 Å². The van der Waals surface area contributed by atoms with Gasteiger partial charge in [0.1, 0.15) is 0 Å². The lowest BCUT2D eigenvalue weighted by Crippen LogP contribution is -2.52. The Morgan fingerprint density at radius 1 is 1.40 bits per heavy atom. The zero-order chi connectivity index (χ0) is 18.1. The molecule has 0 aliphatic carbocycles. The summed E-state index contributed by atoms with van der Waals surface area (Å²) >= 11 is 0. The predicted molar refractivity (Wildman–Crippen MR) is 98.1 cm³/mol. The number of aliphatic hydroxyl groups is 1. The van der Waals surface area contributed by atoms with Crippen LogP contribution in [0.2, 0.25) is 0 Å². The van der Waals surface area contributed by atoms with E-state index in [0.717, 1.165) is 31.5 Å². The summed E-state index contributed by atoms with van der Waals surface area (Å²) in [4.78, 5) is 2.49. The second-order valence-electron chi connectivity index (χ2n) is 8.36. The van der Waals surface area contributed by atoms with Crippen molar-refractivity contribution in [3.63, 3.8) is 0 Å². The van der Waals surface area contributed by atoms with Crippen LogP contribution in [0.25, 0.3) is 0 Å². The lowest BCUT2D eigenvalue weighted by molar-refractivity contribution is -0.123. The molecule has 2 aliphatic rings. The van der Waals surface area contributed by atoms with Crippen LogP contribution in [-0.4, -0.2) is 41.4 Å². The molecule has 3 atom stereocenters. The number of rotatable bonds is 4. The van der Waals surface area contributed by atoms with Crippen LogP contribution in [0.4, 0.5) is 0 Å². The summed E-state index contributed by atoms with van der Waals surface area (Å²) < 4.78 is 5.69. The Hall–Kier alpha value is -1.41. The van der Waals surface area contributed by atoms with E-state index in [-0.39, 0.29) is 5.92 Å². The Labute approximate surface area is 151 Å². The van der Waals surface area contributed by atoms with E-state index in [9.17, 15) is 10.4 Å². The molecule has 2 saturated heterocycles. The Balaban J connectivity index is 1.82. The van der Waals surface area contributed by atoms with Crippen molar-refractivity contribution in [3.05, 3.63) is 35.4 Å². The van der Waals surface area contributed by atoms with Gasteiger partial charge in [0.2, 0.25) is 0 Å². The Morgan fingerprint density at radius 2 is 2.16 bits per heavy atom. The molecule has 0 spiro atoms. The first-order valence-corrected chi connectivity index (χ1v) is 9.39. The zero-order valence-corrected chi connectivity index (χ0v) is 15.7. The Bertz CT molecular complexity index is 648. The van der Waals surface area contributed by atoms with Gasteiger partial charge in [0.05, 0.1) is 23.7 Å². The molecule has 2 aliphatic heterocycles. The van der Waals surface area contributed by atoms with E-state index in [0.29, 0.717) is 25.7 Å². The average molecular weight is 342 g/mol. The van der Waals surface area contributed by atoms with E-state index in [1.165, 1.54) is 5.56 Å². The molecule has 0 radical (unpaired) electrons. The fourth-order valence-corrected chi connectivity index (χ4v) is 4.43. The summed E-state index contributed by atoms with van der Waals surface area (Å²) in [7, 11) is 0. The van der Waals surface area contributed by atoms with Gasteiger partial charge < -0.3 is 9.84 Å². The summed E-state index contributed by atoms with van der Waals surface area (Å²) in [6, 6.07) is 11.1. The van der Waals surface area contributed by atoms with E-state index in [4.69, 9.17) is 4.74 Å². The first-order chi connectivity index (χ1) is 11.8. The van der Waals surface area contributed by atoms with Gasteiger partial charge in [-0.1, -0.05) is 24.3 Å². The van der Waals surface area contributed by atoms with Gasteiger partial charge in [-0.15, -0.1) is 0 Å². The number of ether oxygens (including phenoxy) is 1. The summed E-state index contributed by atoms with van der Waals surface area (Å²) in [5.74, 6) is 0.153. The molecule has 136 valence electrons. The number of nitrogens with zero attached hydrogens (tertiary/aromatic N) is 2. The maximum Gasteiger partial charge on any atom is 0.0769 e. The lowest BCUT2D eigenvalue weighted by Gasteiger charge is -2.43. The SMILES string of the molecule is CC(C)(C#N)c1ccccc1CN1CCC[C@@H]1[C@@H]1COCC[C@@]1(C)O. The van der Waals surface area contributed by atoms with Crippen LogP contribution < -0.4 is 0 Å². The molecule has 4 heteroatoms. The summed E-state index contributed by atoms with van der Waals surface area (Å²) in [6.45, 7) is 9.08. The third-order valence-electron chi connectivity index (χ3n) is 6.07. The van der Waals surface area contributed by atoms with Gasteiger partial charge in [-0.3, -0.25) is 4.90 Å². The smallest absolute Gasteiger partial charge is 0.0769 e. The molecule has 2 heterocycles. The fourth-order valence-electron chi connectivity index (χ4n) is 4.43. The highest BCUT2D eigenvalue weighted by atomic mass is 16.5. The van der Waals surface area contributed by atoms with Crippen molar-refractivity contribution in [2.45, 2.75) is 63.6 Å². The van der Waals surface area contributed by atoms with Crippen molar-refractivity contribution < 1.29 is 9.84 Å². The van der Waals surface area contributed by atoms with Gasteiger partial charge in [-0.25, -0.2) is 0 Å². The van der Waals surface area contributed by atoms with Gasteiger partial charge in [-0.2, -0.15) is 5.26 Å². The molecule has 2 fully saturated rings. The van der Waals surface area contributed by atoms with E-state index >= 15 is 0 Å². The monoisotopic (exact) mass is 342 g/mol. The number of hydrogen-bond acceptors (Lipinski definition) is 4. The largest absolute Gasteiger partial charge is 0.390 e. The molecule has 3 rings (SSSR count). The minimum absolute atomic E-state index is 0.153. The van der Waals surface area contributed by atoms with Gasteiger partial charge in [0, 0.05) is 25.1 Å². The van der Waals surface area contributed by atoms with Crippen molar-refractivity contribution in [1.29, 1.82) is 5.26 Å². The predicted octanol–water partition coefficient (Wildman–Crippen LogP) is 3.24. The molecule has 0 amide bonds. The highest BCUT2D eigenvalue weighted by molar-refractivity contribution is 5.37. The maximum atomic E-state index is 10.9. The van der Waals surface area contributed by atoms with Crippen LogP contribution in [0.15, 0.2) is 24.3 Å². The molecule has 1 aromatic carbocycles. The first-order valence-electron chi connectivity index (χ1n) is 9.39. The number of nitriles is 1. The topological polar surface area (TPSA) is 56.5 Å². The van der Waals surface area contributed by atoms with Gasteiger partial charge >= 0.3 is 0 Å². The second-order valence-corrected chi connectivity index (χ2v) is 8.36. The molecule has 1 N–H and O–H groups in total. The van der Waals surface area contributed by atoms with Crippen LogP contribution in [0.1, 0.15) is 51.2 Å². The van der Waals surface area contributed by atoms with Crippen molar-refractivity contribution in [2.24, 2.45) is 5.92 Å². The molecule has 25 heavy (non-hydrogen) atoms. The molecule has 0 aromatic heterocycles. The van der Waals surface area contributed by atoms with E-state index in [1.54, 1.807) is 0 Å². The second kappa shape index (κ2) is 7.07. The van der Waals surface area contributed by atoms with Crippen LogP contribution in [0.3, 0.4) is 0 Å². The minimum Gasteiger partial charge on any atom is -0.390 e. The van der Waals surface area contributed by atoms with Crippen molar-refractivity contribution in [3.8, 4) is 6.07 Å². The third kappa shape index (κ3) is 3.74. The summed E-state index contributed by atoms with van der Waals surface area (Å²) in [5, 5.41) is 20.4. The summed E-state index contributed by atoms with van der Waals surface area (Å²) in [5.41, 5.74) is 1.18. The Morgan fingerprint density at radius 3 is 2.88 bits per heavy atom. The number of hydrogen-bond donors (Lipinski definition) is 1. The zero-order valence-electron chi connectivity index (χ0n) is 15.7. The van der Waals surface area contributed by atoms with E-state index in [1.807, 2.05) is 26.8 Å². The van der Waals surface area contributed by atoms with Crippen LogP contribution >= 0.6 is 0 Å². The quantitative estimate of drug-likeness (QED) is 0.913.